The summed E-state index contributed by atoms with van der Waals surface area (Å²) in [6.07, 6.45) is 4.12. The Kier molecular flexibility index (Phi) is 4.70. The summed E-state index contributed by atoms with van der Waals surface area (Å²) >= 11 is 0. The molecule has 1 aliphatic carbocycles. The Hall–Kier alpha value is -0.120. The van der Waals surface area contributed by atoms with Crippen LogP contribution in [0.3, 0.4) is 0 Å². The van der Waals surface area contributed by atoms with E-state index in [9.17, 15) is 5.11 Å². The van der Waals surface area contributed by atoms with E-state index in [1.165, 1.54) is 0 Å². The van der Waals surface area contributed by atoms with Gasteiger partial charge in [0.25, 0.3) is 0 Å². The molecular formula is C10H21NO2. The molecule has 1 rings (SSSR count). The number of methoxy groups -OCH3 is 1. The van der Waals surface area contributed by atoms with Crippen LogP contribution in [-0.4, -0.2) is 49.5 Å². The highest BCUT2D eigenvalue weighted by Crippen LogP contribution is 2.21. The fourth-order valence-corrected chi connectivity index (χ4v) is 1.92. The zero-order valence-corrected chi connectivity index (χ0v) is 8.70. The van der Waals surface area contributed by atoms with E-state index in [0.29, 0.717) is 6.04 Å². The second-order valence-electron chi connectivity index (χ2n) is 3.94. The highest BCUT2D eigenvalue weighted by Gasteiger charge is 2.21. The van der Waals surface area contributed by atoms with Gasteiger partial charge in [0.1, 0.15) is 0 Å². The molecule has 0 aromatic heterocycles. The molecule has 1 fully saturated rings. The van der Waals surface area contributed by atoms with Gasteiger partial charge in [-0.1, -0.05) is 0 Å². The SMILES string of the molecule is COCCN(C)C1CCC(O)CC1. The normalized spacial score (nSPS) is 29.5. The van der Waals surface area contributed by atoms with E-state index in [0.717, 1.165) is 38.8 Å². The summed E-state index contributed by atoms with van der Waals surface area (Å²) < 4.78 is 5.03. The highest BCUT2D eigenvalue weighted by atomic mass is 16.5. The smallest absolute Gasteiger partial charge is 0.0589 e. The average molecular weight is 187 g/mol. The fourth-order valence-electron chi connectivity index (χ4n) is 1.92. The molecule has 0 aromatic carbocycles. The summed E-state index contributed by atoms with van der Waals surface area (Å²) in [5, 5.41) is 9.34. The van der Waals surface area contributed by atoms with E-state index in [-0.39, 0.29) is 6.10 Å². The average Bonchev–Trinajstić information content (AvgIpc) is 2.15. The summed E-state index contributed by atoms with van der Waals surface area (Å²) in [5.74, 6) is 0. The molecular weight excluding hydrogens is 166 g/mol. The number of ether oxygens (including phenoxy) is 1. The molecule has 0 unspecified atom stereocenters. The predicted octanol–water partition coefficient (Wildman–Crippen LogP) is 0.868. The third-order valence-corrected chi connectivity index (χ3v) is 2.94. The predicted molar refractivity (Wildman–Crippen MR) is 52.8 cm³/mol. The first-order valence-electron chi connectivity index (χ1n) is 5.11. The van der Waals surface area contributed by atoms with Crippen LogP contribution in [0.25, 0.3) is 0 Å². The van der Waals surface area contributed by atoms with Gasteiger partial charge in [-0.15, -0.1) is 0 Å². The molecule has 1 N–H and O–H groups in total. The molecule has 0 atom stereocenters. The molecule has 0 bridgehead atoms. The number of nitrogens with zero attached hydrogens (tertiary/aromatic N) is 1. The number of hydrogen-bond donors (Lipinski definition) is 1. The van der Waals surface area contributed by atoms with Gasteiger partial charge in [0.2, 0.25) is 0 Å². The Balaban J connectivity index is 2.19. The zero-order chi connectivity index (χ0) is 9.68. The first-order chi connectivity index (χ1) is 6.24. The molecule has 78 valence electrons. The maximum Gasteiger partial charge on any atom is 0.0589 e. The summed E-state index contributed by atoms with van der Waals surface area (Å²) in [6, 6.07) is 0.651. The van der Waals surface area contributed by atoms with Gasteiger partial charge >= 0.3 is 0 Å². The van der Waals surface area contributed by atoms with Gasteiger partial charge in [0.15, 0.2) is 0 Å². The zero-order valence-electron chi connectivity index (χ0n) is 8.70. The molecule has 3 heteroatoms. The first kappa shape index (κ1) is 11.0. The van der Waals surface area contributed by atoms with Crippen molar-refractivity contribution in [2.75, 3.05) is 27.3 Å². The van der Waals surface area contributed by atoms with E-state index in [1.54, 1.807) is 7.11 Å². The molecule has 0 amide bonds. The first-order valence-corrected chi connectivity index (χ1v) is 5.11. The Morgan fingerprint density at radius 3 is 2.46 bits per heavy atom. The lowest BCUT2D eigenvalue weighted by Gasteiger charge is -2.32. The fraction of sp³-hybridized carbons (Fsp3) is 1.00. The van der Waals surface area contributed by atoms with Crippen molar-refractivity contribution in [2.45, 2.75) is 37.8 Å². The van der Waals surface area contributed by atoms with Crippen molar-refractivity contribution in [1.29, 1.82) is 0 Å². The Morgan fingerprint density at radius 1 is 1.31 bits per heavy atom. The van der Waals surface area contributed by atoms with E-state index >= 15 is 0 Å². The van der Waals surface area contributed by atoms with Crippen LogP contribution in [0.4, 0.5) is 0 Å². The lowest BCUT2D eigenvalue weighted by atomic mass is 9.92. The molecule has 1 aliphatic rings. The standard InChI is InChI=1S/C10H21NO2/c1-11(7-8-13-2)9-3-5-10(12)6-4-9/h9-10,12H,3-8H2,1-2H3. The van der Waals surface area contributed by atoms with Crippen molar-refractivity contribution in [2.24, 2.45) is 0 Å². The molecule has 0 aromatic rings. The van der Waals surface area contributed by atoms with Crippen LogP contribution in [0.15, 0.2) is 0 Å². The molecule has 0 saturated heterocycles. The minimum Gasteiger partial charge on any atom is -0.393 e. The van der Waals surface area contributed by atoms with Crippen molar-refractivity contribution in [3.63, 3.8) is 0 Å². The van der Waals surface area contributed by atoms with Gasteiger partial charge in [-0.25, -0.2) is 0 Å². The van der Waals surface area contributed by atoms with E-state index < -0.39 is 0 Å². The lowest BCUT2D eigenvalue weighted by molar-refractivity contribution is 0.0712. The van der Waals surface area contributed by atoms with Gasteiger partial charge in [-0.05, 0) is 32.7 Å². The van der Waals surface area contributed by atoms with Crippen molar-refractivity contribution >= 4 is 0 Å². The van der Waals surface area contributed by atoms with Crippen LogP contribution in [0.5, 0.6) is 0 Å². The van der Waals surface area contributed by atoms with Crippen LogP contribution < -0.4 is 0 Å². The minimum absolute atomic E-state index is 0.0490. The number of aliphatic hydroxyl groups excluding tert-OH is 1. The Bertz CT molecular complexity index is 133. The third kappa shape index (κ3) is 3.63. The Morgan fingerprint density at radius 2 is 1.92 bits per heavy atom. The number of aliphatic hydroxyl groups is 1. The molecule has 0 aliphatic heterocycles. The van der Waals surface area contributed by atoms with E-state index in [2.05, 4.69) is 11.9 Å². The second-order valence-corrected chi connectivity index (χ2v) is 3.94. The highest BCUT2D eigenvalue weighted by molar-refractivity contribution is 4.77. The maximum absolute atomic E-state index is 9.34. The molecule has 1 saturated carbocycles. The van der Waals surface area contributed by atoms with Crippen LogP contribution in [0.2, 0.25) is 0 Å². The largest absolute Gasteiger partial charge is 0.393 e. The Labute approximate surface area is 80.7 Å². The van der Waals surface area contributed by atoms with Crippen molar-refractivity contribution < 1.29 is 9.84 Å². The molecule has 0 radical (unpaired) electrons. The molecule has 13 heavy (non-hydrogen) atoms. The number of hydrogen-bond acceptors (Lipinski definition) is 3. The summed E-state index contributed by atoms with van der Waals surface area (Å²) in [4.78, 5) is 2.34. The van der Waals surface area contributed by atoms with Crippen molar-refractivity contribution in [1.82, 2.24) is 4.90 Å². The van der Waals surface area contributed by atoms with Gasteiger partial charge in [0, 0.05) is 19.7 Å². The van der Waals surface area contributed by atoms with E-state index in [1.807, 2.05) is 0 Å². The second kappa shape index (κ2) is 5.58. The third-order valence-electron chi connectivity index (χ3n) is 2.94. The van der Waals surface area contributed by atoms with Crippen LogP contribution in [0.1, 0.15) is 25.7 Å². The molecule has 0 spiro atoms. The van der Waals surface area contributed by atoms with Crippen LogP contribution in [-0.2, 0) is 4.74 Å². The lowest BCUT2D eigenvalue weighted by Crippen LogP contribution is -2.38. The van der Waals surface area contributed by atoms with Crippen molar-refractivity contribution in [3.05, 3.63) is 0 Å². The summed E-state index contributed by atoms with van der Waals surface area (Å²) in [5.41, 5.74) is 0. The van der Waals surface area contributed by atoms with Crippen LogP contribution in [0, 0.1) is 0 Å². The molecule has 0 heterocycles. The number of likely N-dealkylation sites (N-methyl/N-ethyl adjacent to an activating group) is 1. The maximum atomic E-state index is 9.34. The van der Waals surface area contributed by atoms with Gasteiger partial charge in [0.05, 0.1) is 12.7 Å². The molecule has 3 nitrogen and oxygen atoms in total. The quantitative estimate of drug-likeness (QED) is 0.709. The van der Waals surface area contributed by atoms with Gasteiger partial charge in [-0.2, -0.15) is 0 Å². The topological polar surface area (TPSA) is 32.7 Å². The van der Waals surface area contributed by atoms with Gasteiger partial charge in [-0.3, -0.25) is 0 Å². The van der Waals surface area contributed by atoms with Gasteiger partial charge < -0.3 is 14.7 Å². The monoisotopic (exact) mass is 187 g/mol. The number of rotatable bonds is 4. The van der Waals surface area contributed by atoms with Crippen molar-refractivity contribution in [3.8, 4) is 0 Å². The summed E-state index contributed by atoms with van der Waals surface area (Å²) in [6.45, 7) is 1.80. The van der Waals surface area contributed by atoms with E-state index in [4.69, 9.17) is 4.74 Å². The summed E-state index contributed by atoms with van der Waals surface area (Å²) in [7, 11) is 3.87. The van der Waals surface area contributed by atoms with Crippen LogP contribution >= 0.6 is 0 Å². The minimum atomic E-state index is -0.0490.